The van der Waals surface area contributed by atoms with E-state index in [1.807, 2.05) is 18.2 Å². The molecule has 0 spiro atoms. The third kappa shape index (κ3) is 2.03. The van der Waals surface area contributed by atoms with Gasteiger partial charge >= 0.3 is 0 Å². The van der Waals surface area contributed by atoms with Gasteiger partial charge in [0, 0.05) is 6.07 Å². The standard InChI is InChI=1S/C12H11N3O2/c13-10-6-9(8-4-2-1-3-5-8)12(15(16)17)7-11(10)14/h1-7H,13-14H2. The van der Waals surface area contributed by atoms with E-state index in [0.717, 1.165) is 5.56 Å². The molecule has 0 atom stereocenters. The Morgan fingerprint density at radius 2 is 1.59 bits per heavy atom. The predicted molar refractivity (Wildman–Crippen MR) is 67.4 cm³/mol. The van der Waals surface area contributed by atoms with Gasteiger partial charge in [-0.2, -0.15) is 0 Å². The first kappa shape index (κ1) is 10.9. The number of hydrogen-bond acceptors (Lipinski definition) is 4. The summed E-state index contributed by atoms with van der Waals surface area (Å²) < 4.78 is 0. The van der Waals surface area contributed by atoms with Crippen LogP contribution in [0, 0.1) is 10.1 Å². The van der Waals surface area contributed by atoms with Crippen LogP contribution in [0.2, 0.25) is 0 Å². The predicted octanol–water partition coefficient (Wildman–Crippen LogP) is 2.43. The molecule has 0 saturated carbocycles. The first-order chi connectivity index (χ1) is 8.09. The molecule has 0 heterocycles. The summed E-state index contributed by atoms with van der Waals surface area (Å²) in [5, 5.41) is 11.0. The molecule has 2 aromatic carbocycles. The van der Waals surface area contributed by atoms with Gasteiger partial charge in [-0.1, -0.05) is 30.3 Å². The minimum absolute atomic E-state index is 0.0390. The van der Waals surface area contributed by atoms with Gasteiger partial charge in [0.25, 0.3) is 5.69 Å². The Balaban J connectivity index is 2.68. The van der Waals surface area contributed by atoms with Crippen molar-refractivity contribution in [3.05, 3.63) is 52.6 Å². The van der Waals surface area contributed by atoms with Crippen LogP contribution in [0.15, 0.2) is 42.5 Å². The molecule has 0 bridgehead atoms. The van der Waals surface area contributed by atoms with Crippen molar-refractivity contribution in [2.24, 2.45) is 0 Å². The van der Waals surface area contributed by atoms with Crippen LogP contribution in [-0.4, -0.2) is 4.92 Å². The zero-order valence-electron chi connectivity index (χ0n) is 8.96. The third-order valence-electron chi connectivity index (χ3n) is 2.48. The number of nitro groups is 1. The minimum atomic E-state index is -0.460. The molecule has 0 fully saturated rings. The Hall–Kier alpha value is -2.56. The molecule has 4 N–H and O–H groups in total. The Bertz CT molecular complexity index is 567. The molecule has 0 radical (unpaired) electrons. The molecule has 2 rings (SSSR count). The van der Waals surface area contributed by atoms with Crippen molar-refractivity contribution in [1.82, 2.24) is 0 Å². The van der Waals surface area contributed by atoms with Gasteiger partial charge in [-0.15, -0.1) is 0 Å². The van der Waals surface area contributed by atoms with E-state index in [-0.39, 0.29) is 11.4 Å². The van der Waals surface area contributed by atoms with Crippen LogP contribution in [-0.2, 0) is 0 Å². The minimum Gasteiger partial charge on any atom is -0.397 e. The van der Waals surface area contributed by atoms with Crippen LogP contribution in [0.25, 0.3) is 11.1 Å². The molecule has 0 unspecified atom stereocenters. The largest absolute Gasteiger partial charge is 0.397 e. The molecule has 0 aliphatic carbocycles. The summed E-state index contributed by atoms with van der Waals surface area (Å²) in [7, 11) is 0. The monoisotopic (exact) mass is 229 g/mol. The molecule has 0 saturated heterocycles. The lowest BCUT2D eigenvalue weighted by Crippen LogP contribution is -1.99. The zero-order chi connectivity index (χ0) is 12.4. The summed E-state index contributed by atoms with van der Waals surface area (Å²) in [6.45, 7) is 0. The second-order valence-electron chi connectivity index (χ2n) is 3.62. The Labute approximate surface area is 97.8 Å². The van der Waals surface area contributed by atoms with Crippen molar-refractivity contribution in [3.63, 3.8) is 0 Å². The summed E-state index contributed by atoms with van der Waals surface area (Å²) in [6, 6.07) is 11.9. The SMILES string of the molecule is Nc1cc(-c2ccccc2)c([N+](=O)[O-])cc1N. The number of nitrogens with zero attached hydrogens (tertiary/aromatic N) is 1. The highest BCUT2D eigenvalue weighted by atomic mass is 16.6. The van der Waals surface area contributed by atoms with Gasteiger partial charge in [0.1, 0.15) is 0 Å². The van der Waals surface area contributed by atoms with Crippen molar-refractivity contribution in [1.29, 1.82) is 0 Å². The van der Waals surface area contributed by atoms with E-state index in [0.29, 0.717) is 11.3 Å². The maximum absolute atomic E-state index is 11.0. The van der Waals surface area contributed by atoms with Crippen LogP contribution < -0.4 is 11.5 Å². The number of benzene rings is 2. The molecule has 2 aromatic rings. The highest BCUT2D eigenvalue weighted by Crippen LogP contribution is 2.34. The molecule has 5 nitrogen and oxygen atoms in total. The van der Waals surface area contributed by atoms with E-state index < -0.39 is 4.92 Å². The topological polar surface area (TPSA) is 95.2 Å². The lowest BCUT2D eigenvalue weighted by molar-refractivity contribution is -0.384. The molecular formula is C12H11N3O2. The quantitative estimate of drug-likeness (QED) is 0.469. The fraction of sp³-hybridized carbons (Fsp3) is 0. The van der Waals surface area contributed by atoms with E-state index in [4.69, 9.17) is 11.5 Å². The van der Waals surface area contributed by atoms with Crippen LogP contribution in [0.3, 0.4) is 0 Å². The van der Waals surface area contributed by atoms with Gasteiger partial charge in [0.2, 0.25) is 0 Å². The molecule has 0 aromatic heterocycles. The van der Waals surface area contributed by atoms with Crippen molar-refractivity contribution >= 4 is 17.1 Å². The van der Waals surface area contributed by atoms with E-state index in [9.17, 15) is 10.1 Å². The van der Waals surface area contributed by atoms with Crippen LogP contribution in [0.5, 0.6) is 0 Å². The van der Waals surface area contributed by atoms with Gasteiger partial charge < -0.3 is 11.5 Å². The number of nitrogens with two attached hydrogens (primary N) is 2. The number of nitrogen functional groups attached to an aromatic ring is 2. The molecule has 0 aliphatic rings. The summed E-state index contributed by atoms with van der Waals surface area (Å²) in [4.78, 5) is 10.5. The molecule has 5 heteroatoms. The van der Waals surface area contributed by atoms with Gasteiger partial charge in [-0.25, -0.2) is 0 Å². The Morgan fingerprint density at radius 1 is 1.00 bits per heavy atom. The second-order valence-corrected chi connectivity index (χ2v) is 3.62. The van der Waals surface area contributed by atoms with E-state index >= 15 is 0 Å². The fourth-order valence-electron chi connectivity index (χ4n) is 1.62. The van der Waals surface area contributed by atoms with E-state index in [2.05, 4.69) is 0 Å². The van der Waals surface area contributed by atoms with E-state index in [1.165, 1.54) is 12.1 Å². The lowest BCUT2D eigenvalue weighted by atomic mass is 10.0. The Kier molecular flexibility index (Phi) is 2.66. The molecule has 86 valence electrons. The summed E-state index contributed by atoms with van der Waals surface area (Å²) in [5.41, 5.74) is 13.0. The van der Waals surface area contributed by atoms with Gasteiger partial charge in [0.15, 0.2) is 0 Å². The summed E-state index contributed by atoms with van der Waals surface area (Å²) in [5.74, 6) is 0. The first-order valence-electron chi connectivity index (χ1n) is 4.98. The second kappa shape index (κ2) is 4.13. The van der Waals surface area contributed by atoms with Gasteiger partial charge in [0.05, 0.1) is 21.9 Å². The average Bonchev–Trinajstić information content (AvgIpc) is 2.33. The van der Waals surface area contributed by atoms with E-state index in [1.54, 1.807) is 12.1 Å². The molecular weight excluding hydrogens is 218 g/mol. The summed E-state index contributed by atoms with van der Waals surface area (Å²) in [6.07, 6.45) is 0. The van der Waals surface area contributed by atoms with Crippen molar-refractivity contribution in [2.75, 3.05) is 11.5 Å². The fourth-order valence-corrected chi connectivity index (χ4v) is 1.62. The summed E-state index contributed by atoms with van der Waals surface area (Å²) >= 11 is 0. The zero-order valence-corrected chi connectivity index (χ0v) is 8.96. The van der Waals surface area contributed by atoms with Gasteiger partial charge in [-0.05, 0) is 11.6 Å². The smallest absolute Gasteiger partial charge is 0.279 e. The lowest BCUT2D eigenvalue weighted by Gasteiger charge is -2.06. The highest BCUT2D eigenvalue weighted by molar-refractivity contribution is 5.82. The van der Waals surface area contributed by atoms with Crippen molar-refractivity contribution in [3.8, 4) is 11.1 Å². The maximum Gasteiger partial charge on any atom is 0.279 e. The highest BCUT2D eigenvalue weighted by Gasteiger charge is 2.17. The molecule has 17 heavy (non-hydrogen) atoms. The normalized spacial score (nSPS) is 10.1. The van der Waals surface area contributed by atoms with Crippen molar-refractivity contribution in [2.45, 2.75) is 0 Å². The van der Waals surface area contributed by atoms with Gasteiger partial charge in [-0.3, -0.25) is 10.1 Å². The average molecular weight is 229 g/mol. The number of rotatable bonds is 2. The van der Waals surface area contributed by atoms with Crippen molar-refractivity contribution < 1.29 is 4.92 Å². The van der Waals surface area contributed by atoms with Crippen LogP contribution in [0.4, 0.5) is 17.1 Å². The number of nitro benzene ring substituents is 1. The molecule has 0 amide bonds. The third-order valence-corrected chi connectivity index (χ3v) is 2.48. The van der Waals surface area contributed by atoms with Crippen LogP contribution >= 0.6 is 0 Å². The van der Waals surface area contributed by atoms with Crippen LogP contribution in [0.1, 0.15) is 0 Å². The first-order valence-corrected chi connectivity index (χ1v) is 4.98. The maximum atomic E-state index is 11.0. The molecule has 0 aliphatic heterocycles. The Morgan fingerprint density at radius 3 is 2.18 bits per heavy atom. The number of anilines is 2. The number of hydrogen-bond donors (Lipinski definition) is 2.